The van der Waals surface area contributed by atoms with Crippen molar-refractivity contribution in [2.24, 2.45) is 10.1 Å². The smallest absolute Gasteiger partial charge is 0.224 e. The van der Waals surface area contributed by atoms with Gasteiger partial charge in [-0.15, -0.1) is 0 Å². The van der Waals surface area contributed by atoms with Crippen LogP contribution in [0, 0.1) is 5.82 Å². The SMILES string of the molecule is COc1cccc(N=C2NN=C(c3cc4c(cc3F)NC(=O)CC4)CS2)c1. The Labute approximate surface area is 159 Å². The predicted octanol–water partition coefficient (Wildman–Crippen LogP) is 3.45. The van der Waals surface area contributed by atoms with E-state index in [1.165, 1.54) is 17.8 Å². The summed E-state index contributed by atoms with van der Waals surface area (Å²) in [7, 11) is 1.61. The number of amides is 1. The predicted molar refractivity (Wildman–Crippen MR) is 106 cm³/mol. The van der Waals surface area contributed by atoms with Gasteiger partial charge < -0.3 is 10.1 Å². The first-order valence-corrected chi connectivity index (χ1v) is 9.42. The molecule has 0 saturated heterocycles. The van der Waals surface area contributed by atoms with Gasteiger partial charge in [0, 0.05) is 29.5 Å². The van der Waals surface area contributed by atoms with Crippen LogP contribution in [0.5, 0.6) is 5.75 Å². The molecule has 2 aliphatic rings. The van der Waals surface area contributed by atoms with E-state index in [4.69, 9.17) is 4.74 Å². The van der Waals surface area contributed by atoms with Crippen molar-refractivity contribution in [3.05, 3.63) is 53.3 Å². The zero-order valence-corrected chi connectivity index (χ0v) is 15.4. The van der Waals surface area contributed by atoms with Crippen molar-refractivity contribution >= 4 is 39.9 Å². The Morgan fingerprint density at radius 1 is 1.26 bits per heavy atom. The number of carbonyl (C=O) groups excluding carboxylic acids is 1. The van der Waals surface area contributed by atoms with Crippen molar-refractivity contribution in [2.45, 2.75) is 12.8 Å². The van der Waals surface area contributed by atoms with E-state index < -0.39 is 5.82 Å². The van der Waals surface area contributed by atoms with Crippen LogP contribution in [0.3, 0.4) is 0 Å². The van der Waals surface area contributed by atoms with E-state index in [2.05, 4.69) is 20.8 Å². The lowest BCUT2D eigenvalue weighted by atomic mass is 9.98. The number of rotatable bonds is 3. The van der Waals surface area contributed by atoms with Gasteiger partial charge >= 0.3 is 0 Å². The first-order chi connectivity index (χ1) is 13.1. The lowest BCUT2D eigenvalue weighted by Gasteiger charge is -2.20. The molecule has 0 bridgehead atoms. The number of hydrazone groups is 1. The second-order valence-electron chi connectivity index (χ2n) is 6.11. The number of halogens is 1. The fourth-order valence-corrected chi connectivity index (χ4v) is 3.71. The standard InChI is InChI=1S/C19H17FN4O2S/c1-26-13-4-2-3-12(8-13)21-19-24-23-17(10-27-19)14-7-11-5-6-18(25)22-16(11)9-15(14)20/h2-4,7-9H,5-6,10H2,1H3,(H,21,24)(H,22,25). The van der Waals surface area contributed by atoms with Crippen LogP contribution >= 0.6 is 11.8 Å². The van der Waals surface area contributed by atoms with Gasteiger partial charge in [0.1, 0.15) is 11.6 Å². The van der Waals surface area contributed by atoms with Crippen LogP contribution in [0.4, 0.5) is 15.8 Å². The summed E-state index contributed by atoms with van der Waals surface area (Å²) in [6, 6.07) is 10.6. The highest BCUT2D eigenvalue weighted by Crippen LogP contribution is 2.28. The lowest BCUT2D eigenvalue weighted by molar-refractivity contribution is -0.116. The van der Waals surface area contributed by atoms with Crippen molar-refractivity contribution in [1.82, 2.24) is 5.43 Å². The minimum atomic E-state index is -0.398. The molecule has 0 aliphatic carbocycles. The summed E-state index contributed by atoms with van der Waals surface area (Å²) < 4.78 is 19.7. The fraction of sp³-hybridized carbons (Fsp3) is 0.211. The molecule has 2 aromatic carbocycles. The number of aryl methyl sites for hydroxylation is 1. The summed E-state index contributed by atoms with van der Waals surface area (Å²) >= 11 is 1.45. The van der Waals surface area contributed by atoms with Crippen molar-refractivity contribution in [2.75, 3.05) is 18.2 Å². The molecular formula is C19H17FN4O2S. The number of fused-ring (bicyclic) bond motifs is 1. The number of anilines is 1. The molecule has 1 amide bonds. The summed E-state index contributed by atoms with van der Waals surface area (Å²) in [4.78, 5) is 16.0. The van der Waals surface area contributed by atoms with Crippen LogP contribution in [0.2, 0.25) is 0 Å². The third-order valence-electron chi connectivity index (χ3n) is 4.32. The molecule has 0 unspecified atom stereocenters. The van der Waals surface area contributed by atoms with Gasteiger partial charge in [-0.3, -0.25) is 10.2 Å². The summed E-state index contributed by atoms with van der Waals surface area (Å²) in [5, 5.41) is 7.64. The Balaban J connectivity index is 1.55. The molecule has 8 heteroatoms. The maximum absolute atomic E-state index is 14.5. The Kier molecular flexibility index (Phi) is 4.81. The molecule has 0 fully saturated rings. The van der Waals surface area contributed by atoms with Gasteiger partial charge in [-0.25, -0.2) is 9.38 Å². The van der Waals surface area contributed by atoms with Crippen molar-refractivity contribution in [3.63, 3.8) is 0 Å². The number of nitrogens with one attached hydrogen (secondary N) is 2. The summed E-state index contributed by atoms with van der Waals surface area (Å²) in [5.41, 5.74) is 6.17. The van der Waals surface area contributed by atoms with Gasteiger partial charge in [0.2, 0.25) is 5.91 Å². The molecule has 0 atom stereocenters. The number of hydrogen-bond acceptors (Lipinski definition) is 5. The number of carbonyl (C=O) groups is 1. The zero-order valence-electron chi connectivity index (χ0n) is 14.6. The van der Waals surface area contributed by atoms with Gasteiger partial charge in [0.25, 0.3) is 0 Å². The average molecular weight is 384 g/mol. The highest BCUT2D eigenvalue weighted by atomic mass is 32.2. The number of benzene rings is 2. The zero-order chi connectivity index (χ0) is 18.8. The summed E-state index contributed by atoms with van der Waals surface area (Å²) in [6.45, 7) is 0. The Bertz CT molecular complexity index is 974. The van der Waals surface area contributed by atoms with E-state index in [0.29, 0.717) is 40.7 Å². The van der Waals surface area contributed by atoms with Crippen LogP contribution < -0.4 is 15.5 Å². The number of methoxy groups -OCH3 is 1. The minimum absolute atomic E-state index is 0.0831. The van der Waals surface area contributed by atoms with Crippen molar-refractivity contribution in [1.29, 1.82) is 0 Å². The summed E-state index contributed by atoms with van der Waals surface area (Å²) in [5.74, 6) is 0.744. The molecule has 6 nitrogen and oxygen atoms in total. The van der Waals surface area contributed by atoms with E-state index in [-0.39, 0.29) is 5.91 Å². The fourth-order valence-electron chi connectivity index (χ4n) is 2.93. The molecule has 0 spiro atoms. The molecule has 27 heavy (non-hydrogen) atoms. The molecular weight excluding hydrogens is 367 g/mol. The van der Waals surface area contributed by atoms with Crippen LogP contribution in [0.25, 0.3) is 0 Å². The average Bonchev–Trinajstić information content (AvgIpc) is 2.68. The number of ether oxygens (including phenoxy) is 1. The first kappa shape index (κ1) is 17.5. The maximum Gasteiger partial charge on any atom is 0.224 e. The highest BCUT2D eigenvalue weighted by molar-refractivity contribution is 8.14. The van der Waals surface area contributed by atoms with Crippen LogP contribution in [-0.4, -0.2) is 29.6 Å². The molecule has 138 valence electrons. The molecule has 2 heterocycles. The van der Waals surface area contributed by atoms with Crippen LogP contribution in [0.1, 0.15) is 17.5 Å². The molecule has 2 aliphatic heterocycles. The van der Waals surface area contributed by atoms with Gasteiger partial charge in [-0.2, -0.15) is 5.10 Å². The molecule has 2 N–H and O–H groups in total. The number of thioether (sulfide) groups is 1. The molecule has 2 aromatic rings. The van der Waals surface area contributed by atoms with Gasteiger partial charge in [0.15, 0.2) is 5.17 Å². The van der Waals surface area contributed by atoms with E-state index in [1.54, 1.807) is 13.2 Å². The summed E-state index contributed by atoms with van der Waals surface area (Å²) in [6.07, 6.45) is 1.01. The molecule has 0 radical (unpaired) electrons. The second kappa shape index (κ2) is 7.40. The van der Waals surface area contributed by atoms with Gasteiger partial charge in [-0.05, 0) is 36.2 Å². The van der Waals surface area contributed by atoms with Gasteiger partial charge in [-0.1, -0.05) is 17.8 Å². The van der Waals surface area contributed by atoms with E-state index in [1.807, 2.05) is 24.3 Å². The van der Waals surface area contributed by atoms with E-state index >= 15 is 0 Å². The maximum atomic E-state index is 14.5. The Morgan fingerprint density at radius 3 is 2.93 bits per heavy atom. The Hall–Kier alpha value is -2.87. The van der Waals surface area contributed by atoms with E-state index in [9.17, 15) is 9.18 Å². The van der Waals surface area contributed by atoms with Crippen molar-refractivity contribution in [3.8, 4) is 5.75 Å². The van der Waals surface area contributed by atoms with E-state index in [0.717, 1.165) is 17.0 Å². The normalized spacial score (nSPS) is 17.6. The molecule has 0 saturated carbocycles. The Morgan fingerprint density at radius 2 is 2.15 bits per heavy atom. The second-order valence-corrected chi connectivity index (χ2v) is 7.08. The van der Waals surface area contributed by atoms with Crippen molar-refractivity contribution < 1.29 is 13.9 Å². The quantitative estimate of drug-likeness (QED) is 0.850. The molecule has 4 rings (SSSR count). The lowest BCUT2D eigenvalue weighted by Crippen LogP contribution is -2.26. The van der Waals surface area contributed by atoms with Crippen LogP contribution in [-0.2, 0) is 11.2 Å². The molecule has 0 aromatic heterocycles. The monoisotopic (exact) mass is 384 g/mol. The third kappa shape index (κ3) is 3.80. The number of amidine groups is 1. The minimum Gasteiger partial charge on any atom is -0.497 e. The topological polar surface area (TPSA) is 75.1 Å². The third-order valence-corrected chi connectivity index (χ3v) is 5.19. The number of hydrogen-bond donors (Lipinski definition) is 2. The van der Waals surface area contributed by atoms with Gasteiger partial charge in [0.05, 0.1) is 18.5 Å². The first-order valence-electron chi connectivity index (χ1n) is 8.43. The largest absolute Gasteiger partial charge is 0.497 e. The number of aliphatic imine (C=N–C) groups is 1. The highest BCUT2D eigenvalue weighted by Gasteiger charge is 2.21. The number of nitrogens with zero attached hydrogens (tertiary/aromatic N) is 2. The van der Waals surface area contributed by atoms with Crippen LogP contribution in [0.15, 0.2) is 46.5 Å².